The molecule has 8 nitrogen and oxygen atoms in total. The fourth-order valence-corrected chi connectivity index (χ4v) is 6.10. The molecule has 0 saturated heterocycles. The van der Waals surface area contributed by atoms with Crippen molar-refractivity contribution in [1.29, 1.82) is 0 Å². The third kappa shape index (κ3) is 6.01. The van der Waals surface area contributed by atoms with Gasteiger partial charge < -0.3 is 24.1 Å². The Morgan fingerprint density at radius 3 is 2.73 bits per heavy atom. The summed E-state index contributed by atoms with van der Waals surface area (Å²) < 4.78 is 74.9. The number of benzene rings is 2. The summed E-state index contributed by atoms with van der Waals surface area (Å²) in [5, 5.41) is 8.00. The summed E-state index contributed by atoms with van der Waals surface area (Å²) in [5.41, 5.74) is 1.39. The molecule has 6 rings (SSSR count). The number of ether oxygens (including phenoxy) is 3. The van der Waals surface area contributed by atoms with Gasteiger partial charge in [-0.3, -0.25) is 0 Å². The molecule has 2 aliphatic carbocycles. The summed E-state index contributed by atoms with van der Waals surface area (Å²) in [6.07, 6.45) is -0.954. The minimum Gasteiger partial charge on any atom is -0.465 e. The number of thiazole rings is 1. The number of esters is 1. The molecule has 0 radical (unpaired) electrons. The van der Waals surface area contributed by atoms with Crippen LogP contribution >= 0.6 is 11.3 Å². The molecule has 1 N–H and O–H groups in total. The van der Waals surface area contributed by atoms with Crippen LogP contribution in [0.5, 0.6) is 5.75 Å². The summed E-state index contributed by atoms with van der Waals surface area (Å²) in [4.78, 5) is 16.2. The highest BCUT2D eigenvalue weighted by Crippen LogP contribution is 2.46. The summed E-state index contributed by atoms with van der Waals surface area (Å²) in [6, 6.07) is 8.53. The summed E-state index contributed by atoms with van der Waals surface area (Å²) in [7, 11) is 1.24. The second kappa shape index (κ2) is 10.9. The Morgan fingerprint density at radius 1 is 1.17 bits per heavy atom. The molecule has 2 aromatic carbocycles. The van der Waals surface area contributed by atoms with Crippen molar-refractivity contribution in [2.45, 2.75) is 63.1 Å². The van der Waals surface area contributed by atoms with Crippen molar-refractivity contribution in [2.24, 2.45) is 0 Å². The average molecular weight is 592 g/mol. The summed E-state index contributed by atoms with van der Waals surface area (Å²) in [5.74, 6) is -0.771. The molecule has 0 amide bonds. The van der Waals surface area contributed by atoms with E-state index >= 15 is 0 Å². The van der Waals surface area contributed by atoms with Crippen molar-refractivity contribution in [2.75, 3.05) is 12.4 Å². The van der Waals surface area contributed by atoms with Crippen LogP contribution in [0.3, 0.4) is 0 Å². The molecule has 2 saturated carbocycles. The zero-order valence-electron chi connectivity index (χ0n) is 21.8. The van der Waals surface area contributed by atoms with Gasteiger partial charge in [0.1, 0.15) is 22.7 Å². The zero-order chi connectivity index (χ0) is 28.7. The Balaban J connectivity index is 1.14. The lowest BCUT2D eigenvalue weighted by Crippen LogP contribution is -2.18. The van der Waals surface area contributed by atoms with E-state index in [9.17, 15) is 22.4 Å². The Labute approximate surface area is 235 Å². The van der Waals surface area contributed by atoms with Gasteiger partial charge in [-0.05, 0) is 56.4 Å². The Hall–Kier alpha value is -3.71. The number of fused-ring (bicyclic) bond motifs is 1. The van der Waals surface area contributed by atoms with E-state index in [1.54, 1.807) is 12.1 Å². The largest absolute Gasteiger partial charge is 0.573 e. The quantitative estimate of drug-likeness (QED) is 0.161. The topological polar surface area (TPSA) is 95.7 Å². The van der Waals surface area contributed by atoms with E-state index < -0.39 is 18.1 Å². The number of hydrogen-bond donors (Lipinski definition) is 1. The smallest absolute Gasteiger partial charge is 0.465 e. The first kappa shape index (κ1) is 27.5. The maximum atomic E-state index is 14.5. The van der Waals surface area contributed by atoms with E-state index in [0.717, 1.165) is 31.7 Å². The van der Waals surface area contributed by atoms with Gasteiger partial charge in [0.05, 0.1) is 30.1 Å². The van der Waals surface area contributed by atoms with Crippen molar-refractivity contribution in [3.63, 3.8) is 0 Å². The number of aromatic nitrogens is 2. The Bertz CT molecular complexity index is 1580. The van der Waals surface area contributed by atoms with Crippen molar-refractivity contribution in [3.8, 4) is 17.0 Å². The zero-order valence-corrected chi connectivity index (χ0v) is 22.6. The fourth-order valence-electron chi connectivity index (χ4n) is 5.10. The van der Waals surface area contributed by atoms with E-state index in [1.807, 2.05) is 0 Å². The van der Waals surface area contributed by atoms with Crippen molar-refractivity contribution in [1.82, 2.24) is 10.1 Å². The van der Waals surface area contributed by atoms with Crippen molar-refractivity contribution in [3.05, 3.63) is 59.1 Å². The van der Waals surface area contributed by atoms with E-state index in [0.29, 0.717) is 27.6 Å². The highest BCUT2D eigenvalue weighted by molar-refractivity contribution is 7.22. The summed E-state index contributed by atoms with van der Waals surface area (Å²) in [6.45, 7) is 0.130. The number of carbonyl (C=O) groups is 1. The second-order valence-electron chi connectivity index (χ2n) is 10.1. The van der Waals surface area contributed by atoms with Crippen LogP contribution in [0.1, 0.15) is 59.7 Å². The van der Waals surface area contributed by atoms with Gasteiger partial charge in [0.2, 0.25) is 0 Å². The number of hydrogen-bond acceptors (Lipinski definition) is 9. The lowest BCUT2D eigenvalue weighted by molar-refractivity contribution is -0.274. The van der Waals surface area contributed by atoms with Crippen LogP contribution < -0.4 is 10.1 Å². The third-order valence-electron chi connectivity index (χ3n) is 7.18. The lowest BCUT2D eigenvalue weighted by Gasteiger charge is -2.15. The number of halogens is 4. The number of alkyl halides is 3. The SMILES string of the molecule is COC(=O)c1cc(F)c2nc(N[C@@H]3CC[C@H](OCc4c(-c5ccccc5OC(F)(F)F)noc4C4CC4)C3)sc2c1. The minimum absolute atomic E-state index is 0.0226. The average Bonchev–Trinajstić information content (AvgIpc) is 3.33. The van der Waals surface area contributed by atoms with Gasteiger partial charge in [0.15, 0.2) is 10.9 Å². The first-order valence-electron chi connectivity index (χ1n) is 13.1. The molecule has 0 aliphatic heterocycles. The van der Waals surface area contributed by atoms with Crippen LogP contribution in [0.25, 0.3) is 21.5 Å². The molecule has 2 aromatic heterocycles. The second-order valence-corrected chi connectivity index (χ2v) is 11.1. The van der Waals surface area contributed by atoms with Gasteiger partial charge in [-0.25, -0.2) is 14.2 Å². The maximum Gasteiger partial charge on any atom is 0.573 e. The van der Waals surface area contributed by atoms with E-state index in [-0.39, 0.29) is 52.8 Å². The van der Waals surface area contributed by atoms with Crippen molar-refractivity contribution >= 4 is 32.7 Å². The highest BCUT2D eigenvalue weighted by atomic mass is 32.1. The first-order valence-corrected chi connectivity index (χ1v) is 13.9. The maximum absolute atomic E-state index is 14.5. The monoisotopic (exact) mass is 591 g/mol. The molecular weight excluding hydrogens is 566 g/mol. The van der Waals surface area contributed by atoms with Crippen molar-refractivity contribution < 1.29 is 41.1 Å². The molecule has 4 aromatic rings. The number of nitrogens with one attached hydrogen (secondary N) is 1. The number of methoxy groups -OCH3 is 1. The predicted molar refractivity (Wildman–Crippen MR) is 141 cm³/mol. The number of rotatable bonds is 9. The van der Waals surface area contributed by atoms with Gasteiger partial charge in [-0.15, -0.1) is 13.2 Å². The molecule has 2 aliphatic rings. The number of para-hydroxylation sites is 1. The molecular formula is C28H25F4N3O5S. The molecule has 216 valence electrons. The van der Waals surface area contributed by atoms with E-state index in [2.05, 4.69) is 24.9 Å². The molecule has 41 heavy (non-hydrogen) atoms. The summed E-state index contributed by atoms with van der Waals surface area (Å²) >= 11 is 1.25. The highest BCUT2D eigenvalue weighted by Gasteiger charge is 2.36. The molecule has 2 atom stereocenters. The molecule has 0 bridgehead atoms. The standard InChI is InChI=1S/C28H25F4N3O5S/c1-37-26(36)15-10-20(29)24-22(11-15)41-27(34-24)33-16-8-9-17(12-16)38-13-19-23(35-40-25(19)14-6-7-14)18-4-2-3-5-21(18)39-28(30,31)32/h2-5,10-11,14,16-17H,6-9,12-13H2,1H3,(H,33,34)/t16-,17+/m1/s1. The van der Waals surface area contributed by atoms with Crippen LogP contribution in [-0.2, 0) is 16.1 Å². The van der Waals surface area contributed by atoms with Crippen LogP contribution in [0, 0.1) is 5.82 Å². The fraction of sp³-hybridized carbons (Fsp3) is 0.393. The van der Waals surface area contributed by atoms with Gasteiger partial charge in [0.25, 0.3) is 0 Å². The lowest BCUT2D eigenvalue weighted by atomic mass is 10.0. The number of carbonyl (C=O) groups excluding carboxylic acids is 1. The van der Waals surface area contributed by atoms with E-state index in [4.69, 9.17) is 9.26 Å². The van der Waals surface area contributed by atoms with E-state index in [1.165, 1.54) is 36.6 Å². The third-order valence-corrected chi connectivity index (χ3v) is 8.11. The normalized spacial score (nSPS) is 19.0. The van der Waals surface area contributed by atoms with Crippen LogP contribution in [0.4, 0.5) is 22.7 Å². The van der Waals surface area contributed by atoms with Gasteiger partial charge in [0, 0.05) is 23.1 Å². The molecule has 13 heteroatoms. The van der Waals surface area contributed by atoms with Gasteiger partial charge in [-0.1, -0.05) is 28.6 Å². The minimum atomic E-state index is -4.85. The number of nitrogens with zero attached hydrogens (tertiary/aromatic N) is 2. The molecule has 0 spiro atoms. The number of anilines is 1. The Morgan fingerprint density at radius 2 is 1.98 bits per heavy atom. The van der Waals surface area contributed by atoms with Crippen LogP contribution in [-0.4, -0.2) is 41.7 Å². The first-order chi connectivity index (χ1) is 19.7. The molecule has 0 unspecified atom stereocenters. The van der Waals surface area contributed by atoms with Crippen LogP contribution in [0.15, 0.2) is 40.9 Å². The van der Waals surface area contributed by atoms with Crippen LogP contribution in [0.2, 0.25) is 0 Å². The Kier molecular flexibility index (Phi) is 7.32. The van der Waals surface area contributed by atoms with Gasteiger partial charge in [-0.2, -0.15) is 0 Å². The predicted octanol–water partition coefficient (Wildman–Crippen LogP) is 7.20. The molecule has 2 fully saturated rings. The molecule has 2 heterocycles. The van der Waals surface area contributed by atoms with Gasteiger partial charge >= 0.3 is 12.3 Å².